The lowest BCUT2D eigenvalue weighted by Gasteiger charge is -1.99. The number of hydrogen-bond acceptors (Lipinski definition) is 3. The van der Waals surface area contributed by atoms with Crippen molar-refractivity contribution in [2.45, 2.75) is 6.42 Å². The first-order valence-corrected chi connectivity index (χ1v) is 4.06. The lowest BCUT2D eigenvalue weighted by molar-refractivity contribution is 0.396. The third-order valence-corrected chi connectivity index (χ3v) is 1.46. The molecule has 0 radical (unpaired) electrons. The Morgan fingerprint density at radius 3 is 3.15 bits per heavy atom. The van der Waals surface area contributed by atoms with Gasteiger partial charge in [-0.2, -0.15) is 0 Å². The molecular formula is C10H12N2O. The van der Waals surface area contributed by atoms with E-state index in [-0.39, 0.29) is 0 Å². The molecule has 0 aliphatic heterocycles. The second-order valence-corrected chi connectivity index (χ2v) is 2.40. The molecule has 2 N–H and O–H groups in total. The zero-order valence-electron chi connectivity index (χ0n) is 7.58. The topological polar surface area (TPSA) is 48.1 Å². The van der Waals surface area contributed by atoms with Gasteiger partial charge in [0.2, 0.25) is 5.88 Å². The maximum absolute atomic E-state index is 5.31. The van der Waals surface area contributed by atoms with Gasteiger partial charge < -0.3 is 10.5 Å². The molecule has 3 heteroatoms. The van der Waals surface area contributed by atoms with Crippen molar-refractivity contribution in [3.63, 3.8) is 0 Å². The molecule has 0 spiro atoms. The van der Waals surface area contributed by atoms with Gasteiger partial charge in [0, 0.05) is 19.2 Å². The van der Waals surface area contributed by atoms with Crippen molar-refractivity contribution in [2.75, 3.05) is 13.7 Å². The van der Waals surface area contributed by atoms with Crippen LogP contribution in [0.15, 0.2) is 18.3 Å². The van der Waals surface area contributed by atoms with Gasteiger partial charge in [0.1, 0.15) is 0 Å². The number of ether oxygens (including phenoxy) is 1. The fourth-order valence-corrected chi connectivity index (χ4v) is 0.879. The van der Waals surface area contributed by atoms with Gasteiger partial charge in [-0.15, -0.1) is 0 Å². The van der Waals surface area contributed by atoms with E-state index in [1.165, 1.54) is 0 Å². The summed E-state index contributed by atoms with van der Waals surface area (Å²) in [5, 5.41) is 0. The minimum Gasteiger partial charge on any atom is -0.480 e. The van der Waals surface area contributed by atoms with Crippen LogP contribution in [0.1, 0.15) is 12.0 Å². The third kappa shape index (κ3) is 2.77. The van der Waals surface area contributed by atoms with Crippen molar-refractivity contribution in [1.82, 2.24) is 4.98 Å². The molecule has 0 amide bonds. The summed E-state index contributed by atoms with van der Waals surface area (Å²) in [6.45, 7) is 0.579. The summed E-state index contributed by atoms with van der Waals surface area (Å²) < 4.78 is 5.03. The van der Waals surface area contributed by atoms with Crippen molar-refractivity contribution < 1.29 is 4.74 Å². The monoisotopic (exact) mass is 176 g/mol. The molecular weight excluding hydrogens is 164 g/mol. The number of nitrogens with zero attached hydrogens (tertiary/aromatic N) is 1. The van der Waals surface area contributed by atoms with Crippen LogP contribution in [0.5, 0.6) is 5.88 Å². The molecule has 0 unspecified atom stereocenters. The molecule has 0 saturated carbocycles. The van der Waals surface area contributed by atoms with Crippen LogP contribution in [0, 0.1) is 11.8 Å². The Hall–Kier alpha value is -1.53. The van der Waals surface area contributed by atoms with E-state index in [0.29, 0.717) is 18.8 Å². The summed E-state index contributed by atoms with van der Waals surface area (Å²) in [7, 11) is 1.58. The van der Waals surface area contributed by atoms with E-state index < -0.39 is 0 Å². The Morgan fingerprint density at radius 1 is 1.62 bits per heavy atom. The largest absolute Gasteiger partial charge is 0.480 e. The fourth-order valence-electron chi connectivity index (χ4n) is 0.879. The number of methoxy groups -OCH3 is 1. The Bertz CT molecular complexity index is 325. The molecule has 1 aromatic heterocycles. The van der Waals surface area contributed by atoms with E-state index in [4.69, 9.17) is 10.5 Å². The van der Waals surface area contributed by atoms with Gasteiger partial charge in [-0.1, -0.05) is 11.8 Å². The minimum absolute atomic E-state index is 0.562. The molecule has 68 valence electrons. The van der Waals surface area contributed by atoms with E-state index in [1.54, 1.807) is 13.3 Å². The summed E-state index contributed by atoms with van der Waals surface area (Å²) >= 11 is 0. The first-order chi connectivity index (χ1) is 6.38. The number of hydrogen-bond donors (Lipinski definition) is 1. The van der Waals surface area contributed by atoms with Crippen LogP contribution < -0.4 is 10.5 Å². The van der Waals surface area contributed by atoms with E-state index >= 15 is 0 Å². The number of pyridine rings is 1. The van der Waals surface area contributed by atoms with Crippen LogP contribution in [0.25, 0.3) is 0 Å². The Balaban J connectivity index is 2.82. The quantitative estimate of drug-likeness (QED) is 0.678. The highest BCUT2D eigenvalue weighted by atomic mass is 16.5. The molecule has 0 bridgehead atoms. The summed E-state index contributed by atoms with van der Waals surface area (Å²) in [6, 6.07) is 3.70. The lowest BCUT2D eigenvalue weighted by atomic mass is 10.2. The molecule has 0 saturated heterocycles. The first-order valence-electron chi connectivity index (χ1n) is 4.06. The molecule has 0 aliphatic rings. The Labute approximate surface area is 77.9 Å². The normalized spacial score (nSPS) is 8.77. The minimum atomic E-state index is 0.562. The number of rotatable bonds is 2. The van der Waals surface area contributed by atoms with Gasteiger partial charge in [0.25, 0.3) is 0 Å². The van der Waals surface area contributed by atoms with Gasteiger partial charge >= 0.3 is 0 Å². The molecule has 1 heterocycles. The van der Waals surface area contributed by atoms with E-state index in [9.17, 15) is 0 Å². The van der Waals surface area contributed by atoms with Crippen LogP contribution in [-0.4, -0.2) is 18.6 Å². The number of aromatic nitrogens is 1. The van der Waals surface area contributed by atoms with Crippen LogP contribution in [-0.2, 0) is 0 Å². The molecule has 1 aromatic rings. The van der Waals surface area contributed by atoms with Gasteiger partial charge in [-0.05, 0) is 12.1 Å². The number of nitrogens with two attached hydrogens (primary N) is 1. The van der Waals surface area contributed by atoms with E-state index in [2.05, 4.69) is 16.8 Å². The Morgan fingerprint density at radius 2 is 2.46 bits per heavy atom. The van der Waals surface area contributed by atoms with E-state index in [1.807, 2.05) is 12.1 Å². The smallest absolute Gasteiger partial charge is 0.229 e. The van der Waals surface area contributed by atoms with Gasteiger partial charge in [0.05, 0.1) is 12.7 Å². The van der Waals surface area contributed by atoms with Crippen LogP contribution in [0.2, 0.25) is 0 Å². The van der Waals surface area contributed by atoms with Crippen molar-refractivity contribution in [1.29, 1.82) is 0 Å². The van der Waals surface area contributed by atoms with Crippen molar-refractivity contribution in [3.8, 4) is 17.7 Å². The van der Waals surface area contributed by atoms with Gasteiger partial charge in [-0.3, -0.25) is 0 Å². The highest BCUT2D eigenvalue weighted by molar-refractivity contribution is 5.41. The van der Waals surface area contributed by atoms with Crippen LogP contribution >= 0.6 is 0 Å². The first kappa shape index (κ1) is 9.56. The van der Waals surface area contributed by atoms with Crippen LogP contribution in [0.4, 0.5) is 0 Å². The van der Waals surface area contributed by atoms with Crippen molar-refractivity contribution >= 4 is 0 Å². The molecule has 0 aliphatic carbocycles. The standard InChI is InChI=1S/C10H12N2O/c1-13-10-9(5-2-3-7-11)6-4-8-12-10/h4,6,8H,3,7,11H2,1H3. The average molecular weight is 176 g/mol. The Kier molecular flexibility index (Phi) is 3.80. The van der Waals surface area contributed by atoms with Crippen LogP contribution in [0.3, 0.4) is 0 Å². The summed E-state index contributed by atoms with van der Waals surface area (Å²) in [4.78, 5) is 4.02. The summed E-state index contributed by atoms with van der Waals surface area (Å²) in [5.74, 6) is 6.44. The SMILES string of the molecule is COc1ncccc1C#CCCN. The molecule has 0 atom stereocenters. The van der Waals surface area contributed by atoms with Crippen molar-refractivity contribution in [2.24, 2.45) is 5.73 Å². The second-order valence-electron chi connectivity index (χ2n) is 2.40. The predicted molar refractivity (Wildman–Crippen MR) is 51.3 cm³/mol. The third-order valence-electron chi connectivity index (χ3n) is 1.46. The predicted octanol–water partition coefficient (Wildman–Crippen LogP) is 0.790. The molecule has 0 fully saturated rings. The summed E-state index contributed by atoms with van der Waals surface area (Å²) in [6.07, 6.45) is 2.37. The maximum atomic E-state index is 5.31. The average Bonchev–Trinajstić information content (AvgIpc) is 2.19. The molecule has 0 aromatic carbocycles. The molecule has 1 rings (SSSR count). The highest BCUT2D eigenvalue weighted by Crippen LogP contribution is 2.11. The van der Waals surface area contributed by atoms with Gasteiger partial charge in [0.15, 0.2) is 0 Å². The van der Waals surface area contributed by atoms with E-state index in [0.717, 1.165) is 5.56 Å². The highest BCUT2D eigenvalue weighted by Gasteiger charge is 1.97. The lowest BCUT2D eigenvalue weighted by Crippen LogP contribution is -1.95. The molecule has 13 heavy (non-hydrogen) atoms. The molecule has 3 nitrogen and oxygen atoms in total. The maximum Gasteiger partial charge on any atom is 0.229 e. The fraction of sp³-hybridized carbons (Fsp3) is 0.300. The summed E-state index contributed by atoms with van der Waals surface area (Å²) in [5.41, 5.74) is 6.12. The van der Waals surface area contributed by atoms with Gasteiger partial charge in [-0.25, -0.2) is 4.98 Å². The van der Waals surface area contributed by atoms with Crippen molar-refractivity contribution in [3.05, 3.63) is 23.9 Å². The second kappa shape index (κ2) is 5.18. The zero-order chi connectivity index (χ0) is 9.52. The zero-order valence-corrected chi connectivity index (χ0v) is 7.58.